The van der Waals surface area contributed by atoms with Gasteiger partial charge in [-0.2, -0.15) is 0 Å². The molecule has 2 aromatic rings. The number of benzene rings is 1. The summed E-state index contributed by atoms with van der Waals surface area (Å²) in [6, 6.07) is 12.7. The molecule has 7 nitrogen and oxygen atoms in total. The Morgan fingerprint density at radius 1 is 1.17 bits per heavy atom. The van der Waals surface area contributed by atoms with E-state index in [-0.39, 0.29) is 24.1 Å². The molecular weight excluding hydrogens is 368 g/mol. The summed E-state index contributed by atoms with van der Waals surface area (Å²) in [6.45, 7) is 4.20. The van der Waals surface area contributed by atoms with E-state index >= 15 is 0 Å². The predicted octanol–water partition coefficient (Wildman–Crippen LogP) is 3.11. The maximum Gasteiger partial charge on any atom is 0.257 e. The van der Waals surface area contributed by atoms with Gasteiger partial charge in [0.2, 0.25) is 11.8 Å². The largest absolute Gasteiger partial charge is 0.315 e. The lowest BCUT2D eigenvalue weighted by atomic mass is 9.98. The van der Waals surface area contributed by atoms with Crippen LogP contribution in [0.1, 0.15) is 48.7 Å². The third-order valence-electron chi connectivity index (χ3n) is 5.69. The highest BCUT2D eigenvalue weighted by molar-refractivity contribution is 6.10. The minimum atomic E-state index is -0.683. The molecule has 0 saturated carbocycles. The maximum atomic E-state index is 13.2. The molecule has 2 aliphatic rings. The van der Waals surface area contributed by atoms with Gasteiger partial charge in [0.15, 0.2) is 0 Å². The van der Waals surface area contributed by atoms with Crippen molar-refractivity contribution < 1.29 is 14.4 Å². The van der Waals surface area contributed by atoms with E-state index in [9.17, 15) is 14.4 Å². The zero-order chi connectivity index (χ0) is 20.6. The Labute approximate surface area is 169 Å². The first-order valence-electron chi connectivity index (χ1n) is 9.88. The molecule has 3 heterocycles. The number of pyridine rings is 1. The van der Waals surface area contributed by atoms with Gasteiger partial charge in [0.1, 0.15) is 11.5 Å². The van der Waals surface area contributed by atoms with E-state index < -0.39 is 5.66 Å². The highest BCUT2D eigenvalue weighted by atomic mass is 16.2. The Balaban J connectivity index is 1.46. The minimum Gasteiger partial charge on any atom is -0.315 e. The zero-order valence-electron chi connectivity index (χ0n) is 16.6. The quantitative estimate of drug-likeness (QED) is 0.848. The first-order chi connectivity index (χ1) is 13.9. The number of carbonyl (C=O) groups is 3. The molecule has 150 valence electrons. The highest BCUT2D eigenvalue weighted by Gasteiger charge is 2.52. The van der Waals surface area contributed by atoms with Crippen LogP contribution in [0.2, 0.25) is 0 Å². The number of carbonyl (C=O) groups excluding carboxylic acids is 3. The summed E-state index contributed by atoms with van der Waals surface area (Å²) in [4.78, 5) is 45.8. The van der Waals surface area contributed by atoms with Crippen molar-refractivity contribution >= 4 is 29.2 Å². The van der Waals surface area contributed by atoms with Crippen LogP contribution in [-0.4, -0.2) is 39.8 Å². The van der Waals surface area contributed by atoms with E-state index in [0.29, 0.717) is 42.9 Å². The van der Waals surface area contributed by atoms with Gasteiger partial charge >= 0.3 is 0 Å². The van der Waals surface area contributed by atoms with E-state index in [4.69, 9.17) is 0 Å². The van der Waals surface area contributed by atoms with Crippen LogP contribution in [0.4, 0.5) is 11.5 Å². The third-order valence-corrected chi connectivity index (χ3v) is 5.69. The van der Waals surface area contributed by atoms with Crippen LogP contribution in [0.15, 0.2) is 42.5 Å². The summed E-state index contributed by atoms with van der Waals surface area (Å²) < 4.78 is 0. The second-order valence-corrected chi connectivity index (χ2v) is 7.74. The first-order valence-corrected chi connectivity index (χ1v) is 9.88. The van der Waals surface area contributed by atoms with Crippen molar-refractivity contribution in [2.75, 3.05) is 16.8 Å². The Morgan fingerprint density at radius 2 is 1.97 bits per heavy atom. The van der Waals surface area contributed by atoms with Gasteiger partial charge in [-0.15, -0.1) is 0 Å². The Kier molecular flexibility index (Phi) is 4.82. The lowest BCUT2D eigenvalue weighted by Crippen LogP contribution is -2.62. The van der Waals surface area contributed by atoms with Gasteiger partial charge in [-0.1, -0.05) is 18.2 Å². The number of rotatable bonds is 5. The Bertz CT molecular complexity index is 990. The summed E-state index contributed by atoms with van der Waals surface area (Å²) in [7, 11) is 0. The van der Waals surface area contributed by atoms with Gasteiger partial charge in [0, 0.05) is 25.1 Å². The van der Waals surface area contributed by atoms with Crippen LogP contribution < -0.4 is 10.2 Å². The van der Waals surface area contributed by atoms with Crippen molar-refractivity contribution in [3.63, 3.8) is 0 Å². The number of aryl methyl sites for hydroxylation is 1. The van der Waals surface area contributed by atoms with Gasteiger partial charge in [-0.25, -0.2) is 4.98 Å². The average Bonchev–Trinajstić information content (AvgIpc) is 3.00. The molecule has 1 unspecified atom stereocenters. The maximum absolute atomic E-state index is 13.2. The number of amides is 3. The first kappa shape index (κ1) is 19.1. The number of nitrogens with one attached hydrogen (secondary N) is 1. The van der Waals surface area contributed by atoms with E-state index in [1.807, 2.05) is 38.1 Å². The van der Waals surface area contributed by atoms with E-state index in [1.54, 1.807) is 28.0 Å². The molecule has 3 amide bonds. The van der Waals surface area contributed by atoms with Crippen LogP contribution in [0.5, 0.6) is 0 Å². The molecule has 7 heteroatoms. The summed E-state index contributed by atoms with van der Waals surface area (Å²) >= 11 is 0. The second-order valence-electron chi connectivity index (χ2n) is 7.74. The lowest BCUT2D eigenvalue weighted by molar-refractivity contribution is -0.118. The van der Waals surface area contributed by atoms with Gasteiger partial charge in [0.05, 0.1) is 11.3 Å². The highest BCUT2D eigenvalue weighted by Crippen LogP contribution is 2.43. The minimum absolute atomic E-state index is 0.0284. The fourth-order valence-corrected chi connectivity index (χ4v) is 4.26. The third kappa shape index (κ3) is 3.37. The fraction of sp³-hybridized carbons (Fsp3) is 0.364. The number of aromatic nitrogens is 1. The average molecular weight is 392 g/mol. The Morgan fingerprint density at radius 3 is 2.76 bits per heavy atom. The van der Waals surface area contributed by atoms with Crippen LogP contribution in [0.3, 0.4) is 0 Å². The van der Waals surface area contributed by atoms with Crippen molar-refractivity contribution in [3.8, 4) is 0 Å². The lowest BCUT2D eigenvalue weighted by Gasteiger charge is -2.48. The summed E-state index contributed by atoms with van der Waals surface area (Å²) in [5, 5.41) is 2.79. The Hall–Kier alpha value is -3.22. The molecule has 2 aliphatic heterocycles. The molecule has 1 aromatic carbocycles. The molecule has 0 aliphatic carbocycles. The van der Waals surface area contributed by atoms with Crippen molar-refractivity contribution in [3.05, 3.63) is 53.7 Å². The van der Waals surface area contributed by atoms with Gasteiger partial charge in [-0.05, 0) is 51.0 Å². The molecule has 1 saturated heterocycles. The smallest absolute Gasteiger partial charge is 0.257 e. The standard InChI is InChI=1S/C22H24N4O3/c1-15-7-5-10-18(23-15)24-19(27)11-6-14-25-21(29)16-8-3-4-9-17(16)26-20(28)12-13-22(25,26)2/h3-5,7-10H,6,11-14H2,1-2H3,(H,23,24,27). The number of hydrogen-bond acceptors (Lipinski definition) is 4. The molecule has 4 rings (SSSR count). The molecule has 0 bridgehead atoms. The zero-order valence-corrected chi connectivity index (χ0v) is 16.6. The number of hydrogen-bond donors (Lipinski definition) is 1. The van der Waals surface area contributed by atoms with Crippen molar-refractivity contribution in [2.24, 2.45) is 0 Å². The van der Waals surface area contributed by atoms with E-state index in [1.165, 1.54) is 0 Å². The summed E-state index contributed by atoms with van der Waals surface area (Å²) in [5.74, 6) is 0.325. The monoisotopic (exact) mass is 392 g/mol. The normalized spacial score (nSPS) is 20.5. The number of fused-ring (bicyclic) bond motifs is 3. The number of anilines is 2. The van der Waals surface area contributed by atoms with Crippen molar-refractivity contribution in [1.82, 2.24) is 9.88 Å². The van der Waals surface area contributed by atoms with Crippen molar-refractivity contribution in [2.45, 2.75) is 45.2 Å². The van der Waals surface area contributed by atoms with Crippen LogP contribution in [0, 0.1) is 6.92 Å². The molecule has 1 fully saturated rings. The van der Waals surface area contributed by atoms with Crippen LogP contribution >= 0.6 is 0 Å². The predicted molar refractivity (Wildman–Crippen MR) is 109 cm³/mol. The molecule has 0 radical (unpaired) electrons. The SMILES string of the molecule is Cc1cccc(NC(=O)CCCN2C(=O)c3ccccc3N3C(=O)CCC23C)n1. The molecular formula is C22H24N4O3. The van der Waals surface area contributed by atoms with E-state index in [0.717, 1.165) is 5.69 Å². The topological polar surface area (TPSA) is 82.6 Å². The van der Waals surface area contributed by atoms with Gasteiger partial charge in [-0.3, -0.25) is 19.3 Å². The van der Waals surface area contributed by atoms with Crippen molar-refractivity contribution in [1.29, 1.82) is 0 Å². The molecule has 29 heavy (non-hydrogen) atoms. The van der Waals surface area contributed by atoms with Gasteiger partial charge < -0.3 is 10.2 Å². The number of nitrogens with zero attached hydrogens (tertiary/aromatic N) is 3. The van der Waals surface area contributed by atoms with Crippen LogP contribution in [-0.2, 0) is 9.59 Å². The molecule has 1 aromatic heterocycles. The van der Waals surface area contributed by atoms with Gasteiger partial charge in [0.25, 0.3) is 5.91 Å². The summed E-state index contributed by atoms with van der Waals surface area (Å²) in [5.41, 5.74) is 1.37. The number of para-hydroxylation sites is 1. The van der Waals surface area contributed by atoms with E-state index in [2.05, 4.69) is 10.3 Å². The molecule has 0 spiro atoms. The fourth-order valence-electron chi connectivity index (χ4n) is 4.26. The molecule has 1 N–H and O–H groups in total. The second kappa shape index (κ2) is 7.31. The van der Waals surface area contributed by atoms with Crippen LogP contribution in [0.25, 0.3) is 0 Å². The summed E-state index contributed by atoms with van der Waals surface area (Å²) in [6.07, 6.45) is 1.77. The molecule has 1 atom stereocenters.